The van der Waals surface area contributed by atoms with E-state index < -0.39 is 77.4 Å². The van der Waals surface area contributed by atoms with Crippen LogP contribution in [0.5, 0.6) is 0 Å². The molecule has 4 rings (SSSR count). The van der Waals surface area contributed by atoms with Gasteiger partial charge >= 0.3 is 24.7 Å². The van der Waals surface area contributed by atoms with Crippen molar-refractivity contribution in [3.05, 3.63) is 119 Å². The zero-order valence-corrected chi connectivity index (χ0v) is 26.1. The predicted octanol–water partition coefficient (Wildman–Crippen LogP) is 11.3. The monoisotopic (exact) mass is 736 g/mol. The van der Waals surface area contributed by atoms with Crippen molar-refractivity contribution in [3.8, 4) is 0 Å². The van der Waals surface area contributed by atoms with Crippen molar-refractivity contribution in [1.29, 1.82) is 0 Å². The lowest BCUT2D eigenvalue weighted by atomic mass is 9.72. The number of thiol groups is 4. The van der Waals surface area contributed by atoms with Crippen molar-refractivity contribution in [2.24, 2.45) is 0 Å². The molecule has 0 unspecified atom stereocenters. The van der Waals surface area contributed by atoms with Crippen molar-refractivity contribution in [2.45, 2.75) is 55.1 Å². The fourth-order valence-electron chi connectivity index (χ4n) is 5.00. The Morgan fingerprint density at radius 1 is 0.283 bits per heavy atom. The first-order chi connectivity index (χ1) is 21.1. The van der Waals surface area contributed by atoms with Crippen LogP contribution in [-0.4, -0.2) is 24.7 Å². The summed E-state index contributed by atoms with van der Waals surface area (Å²) in [5.74, 6) is 0. The van der Waals surface area contributed by atoms with Crippen LogP contribution in [-0.2, 0) is 10.8 Å². The van der Waals surface area contributed by atoms with Gasteiger partial charge in [0.25, 0.3) is 0 Å². The van der Waals surface area contributed by atoms with E-state index in [0.29, 0.717) is 0 Å². The van der Waals surface area contributed by atoms with Crippen molar-refractivity contribution < 1.29 is 52.7 Å². The molecule has 0 saturated heterocycles. The summed E-state index contributed by atoms with van der Waals surface area (Å²) < 4.78 is 166. The van der Waals surface area contributed by atoms with E-state index in [2.05, 4.69) is 50.5 Å². The lowest BCUT2D eigenvalue weighted by Crippen LogP contribution is -2.55. The molecule has 0 aliphatic carbocycles. The van der Waals surface area contributed by atoms with Crippen LogP contribution in [0, 0.1) is 0 Å². The molecule has 0 radical (unpaired) electrons. The quantitative estimate of drug-likeness (QED) is 0.116. The summed E-state index contributed by atoms with van der Waals surface area (Å²) in [5.41, 5.74) is -12.3. The van der Waals surface area contributed by atoms with Gasteiger partial charge in [-0.1, -0.05) is 72.8 Å². The van der Waals surface area contributed by atoms with Gasteiger partial charge in [0.2, 0.25) is 10.8 Å². The highest BCUT2D eigenvalue weighted by molar-refractivity contribution is 7.81. The van der Waals surface area contributed by atoms with Crippen molar-refractivity contribution >= 4 is 50.5 Å². The molecule has 4 aromatic carbocycles. The van der Waals surface area contributed by atoms with E-state index in [1.165, 1.54) is 24.3 Å². The molecule has 0 aliphatic heterocycles. The van der Waals surface area contributed by atoms with Crippen molar-refractivity contribution in [1.82, 2.24) is 0 Å². The summed E-state index contributed by atoms with van der Waals surface area (Å²) in [5, 5.41) is 0. The number of rotatable bonds is 4. The van der Waals surface area contributed by atoms with Crippen LogP contribution < -0.4 is 0 Å². The molecular formula is C30H20F12S4. The summed E-state index contributed by atoms with van der Waals surface area (Å²) in [6, 6.07) is 17.2. The fraction of sp³-hybridized carbons (Fsp3) is 0.200. The highest BCUT2D eigenvalue weighted by Crippen LogP contribution is 2.59. The Balaban J connectivity index is 0.000000250. The molecule has 16 heteroatoms. The van der Waals surface area contributed by atoms with Gasteiger partial charge in [-0.3, -0.25) is 0 Å². The molecule has 0 N–H and O–H groups in total. The Bertz CT molecular complexity index is 1410. The SMILES string of the molecule is FC(F)(F)C(c1ccccc1S)(c1ccccc1S)C(F)(F)F.FC(F)(F)C(c1ccccc1S)(c1ccccc1S)C(F)(F)F. The summed E-state index contributed by atoms with van der Waals surface area (Å²) in [4.78, 5) is -1.62. The minimum absolute atomic E-state index is 0.404. The normalized spacial score (nSPS) is 13.2. The Hall–Kier alpha value is -2.56. The van der Waals surface area contributed by atoms with E-state index in [-0.39, 0.29) is 0 Å². The Labute approximate surface area is 276 Å². The molecule has 0 atom stereocenters. The maximum Gasteiger partial charge on any atom is 0.411 e. The third-order valence-electron chi connectivity index (χ3n) is 6.93. The highest BCUT2D eigenvalue weighted by Gasteiger charge is 2.74. The minimum Gasteiger partial charge on any atom is -0.169 e. The van der Waals surface area contributed by atoms with Gasteiger partial charge in [-0.25, -0.2) is 0 Å². The maximum atomic E-state index is 13.8. The number of hydrogen-bond acceptors (Lipinski definition) is 4. The molecule has 0 aliphatic rings. The van der Waals surface area contributed by atoms with E-state index in [0.717, 1.165) is 72.8 Å². The van der Waals surface area contributed by atoms with E-state index in [1.807, 2.05) is 0 Å². The highest BCUT2D eigenvalue weighted by atomic mass is 32.1. The Morgan fingerprint density at radius 3 is 0.565 bits per heavy atom. The summed E-state index contributed by atoms with van der Waals surface area (Å²) >= 11 is 15.3. The molecule has 0 heterocycles. The Kier molecular flexibility index (Phi) is 11.1. The van der Waals surface area contributed by atoms with Gasteiger partial charge in [0.05, 0.1) is 0 Å². The molecule has 0 amide bonds. The number of hydrogen-bond donors (Lipinski definition) is 4. The number of benzene rings is 4. The van der Waals surface area contributed by atoms with Crippen LogP contribution >= 0.6 is 50.5 Å². The van der Waals surface area contributed by atoms with Crippen LogP contribution in [0.25, 0.3) is 0 Å². The standard InChI is InChI=1S/2C15H10F6S2/c2*16-14(17,18)13(15(19,20)21,9-5-1-3-7-11(9)22)10-6-2-4-8-12(10)23/h2*1-8,22-23H. The molecule has 0 aromatic heterocycles. The average Bonchev–Trinajstić information content (AvgIpc) is 2.91. The second-order valence-electron chi connectivity index (χ2n) is 9.56. The molecule has 4 aromatic rings. The smallest absolute Gasteiger partial charge is 0.169 e. The van der Waals surface area contributed by atoms with Gasteiger partial charge in [-0.2, -0.15) is 52.7 Å². The number of alkyl halides is 12. The first-order valence-corrected chi connectivity index (χ1v) is 14.3. The zero-order valence-electron chi connectivity index (χ0n) is 22.6. The van der Waals surface area contributed by atoms with Gasteiger partial charge in [-0.15, -0.1) is 50.5 Å². The summed E-state index contributed by atoms with van der Waals surface area (Å²) in [6.45, 7) is 0. The lowest BCUT2D eigenvalue weighted by molar-refractivity contribution is -0.291. The summed E-state index contributed by atoms with van der Waals surface area (Å²) in [6.07, 6.45) is -22.5. The minimum atomic E-state index is -5.64. The first-order valence-electron chi connectivity index (χ1n) is 12.5. The van der Waals surface area contributed by atoms with Gasteiger partial charge in [0, 0.05) is 19.6 Å². The summed E-state index contributed by atoms with van der Waals surface area (Å²) in [7, 11) is 0. The fourth-order valence-corrected chi connectivity index (χ4v) is 6.31. The third-order valence-corrected chi connectivity index (χ3v) is 8.49. The zero-order chi connectivity index (χ0) is 34.9. The van der Waals surface area contributed by atoms with Crippen LogP contribution in [0.2, 0.25) is 0 Å². The molecule has 0 saturated carbocycles. The van der Waals surface area contributed by atoms with Gasteiger partial charge in [0.15, 0.2) is 0 Å². The average molecular weight is 737 g/mol. The topological polar surface area (TPSA) is 0 Å². The third kappa shape index (κ3) is 6.59. The van der Waals surface area contributed by atoms with Crippen LogP contribution in [0.15, 0.2) is 117 Å². The number of halogens is 12. The molecule has 46 heavy (non-hydrogen) atoms. The Morgan fingerprint density at radius 2 is 0.435 bits per heavy atom. The molecule has 0 bridgehead atoms. The second-order valence-corrected chi connectivity index (χ2v) is 11.5. The molecular weight excluding hydrogens is 717 g/mol. The van der Waals surface area contributed by atoms with Crippen LogP contribution in [0.1, 0.15) is 22.3 Å². The molecule has 0 fully saturated rings. The van der Waals surface area contributed by atoms with Crippen LogP contribution in [0.3, 0.4) is 0 Å². The molecule has 0 nitrogen and oxygen atoms in total. The van der Waals surface area contributed by atoms with E-state index >= 15 is 0 Å². The first kappa shape index (κ1) is 37.9. The van der Waals surface area contributed by atoms with Gasteiger partial charge in [0.1, 0.15) is 0 Å². The lowest BCUT2D eigenvalue weighted by Gasteiger charge is -2.39. The second kappa shape index (κ2) is 13.5. The largest absolute Gasteiger partial charge is 0.411 e. The van der Waals surface area contributed by atoms with Crippen LogP contribution in [0.4, 0.5) is 52.7 Å². The molecule has 248 valence electrons. The van der Waals surface area contributed by atoms with Gasteiger partial charge < -0.3 is 0 Å². The van der Waals surface area contributed by atoms with Crippen molar-refractivity contribution in [3.63, 3.8) is 0 Å². The van der Waals surface area contributed by atoms with E-state index in [1.54, 1.807) is 0 Å². The van der Waals surface area contributed by atoms with Crippen molar-refractivity contribution in [2.75, 3.05) is 0 Å². The predicted molar refractivity (Wildman–Crippen MR) is 161 cm³/mol. The molecule has 0 spiro atoms. The van der Waals surface area contributed by atoms with E-state index in [9.17, 15) is 52.7 Å². The van der Waals surface area contributed by atoms with E-state index in [4.69, 9.17) is 0 Å². The maximum absolute atomic E-state index is 13.8. The van der Waals surface area contributed by atoms with Gasteiger partial charge in [-0.05, 0) is 46.5 Å².